The quantitative estimate of drug-likeness (QED) is 0.174. The summed E-state index contributed by atoms with van der Waals surface area (Å²) >= 11 is 0. The molecule has 7 aliphatic rings. The fourth-order valence-electron chi connectivity index (χ4n) is 13.1. The molecule has 7 rings (SSSR count). The third-order valence-corrected chi connectivity index (χ3v) is 16.1. The van der Waals surface area contributed by atoms with Crippen molar-refractivity contribution >= 4 is 23.9 Å². The molecule has 0 unspecified atom stereocenters. The molecule has 0 aromatic carbocycles. The van der Waals surface area contributed by atoms with Crippen LogP contribution in [0.1, 0.15) is 107 Å². The van der Waals surface area contributed by atoms with Crippen LogP contribution in [0.25, 0.3) is 0 Å². The highest BCUT2D eigenvalue weighted by Crippen LogP contribution is 2.77. The van der Waals surface area contributed by atoms with Crippen LogP contribution in [0.15, 0.2) is 0 Å². The van der Waals surface area contributed by atoms with E-state index in [0.717, 1.165) is 20.3 Å². The number of ether oxygens (including phenoxy) is 5. The Bertz CT molecular complexity index is 1620. The van der Waals surface area contributed by atoms with E-state index in [1.807, 2.05) is 13.8 Å². The van der Waals surface area contributed by atoms with Crippen LogP contribution in [-0.2, 0) is 42.9 Å². The lowest BCUT2D eigenvalue weighted by Crippen LogP contribution is -2.77. The minimum absolute atomic E-state index is 0.0258. The number of esters is 4. The van der Waals surface area contributed by atoms with Crippen molar-refractivity contribution in [2.75, 3.05) is 13.1 Å². The molecule has 4 bridgehead atoms. The van der Waals surface area contributed by atoms with Crippen LogP contribution in [0.2, 0.25) is 0 Å². The predicted octanol–water partition coefficient (Wildman–Crippen LogP) is 1.61. The lowest BCUT2D eigenvalue weighted by atomic mass is 9.49. The van der Waals surface area contributed by atoms with Crippen molar-refractivity contribution < 1.29 is 68.4 Å². The molecule has 0 radical (unpaired) electrons. The number of rotatable bonds is 8. The van der Waals surface area contributed by atoms with Crippen molar-refractivity contribution in [1.29, 1.82) is 0 Å². The second-order valence-electron chi connectivity index (χ2n) is 19.3. The Balaban J connectivity index is 1.35. The fraction of sp³-hybridized carbons (Fsp3) is 0.902. The largest absolute Gasteiger partial charge is 0.462 e. The van der Waals surface area contributed by atoms with Gasteiger partial charge in [0, 0.05) is 50.2 Å². The van der Waals surface area contributed by atoms with Crippen LogP contribution in [0.5, 0.6) is 0 Å². The minimum atomic E-state index is -2.28. The van der Waals surface area contributed by atoms with Gasteiger partial charge >= 0.3 is 23.9 Å². The van der Waals surface area contributed by atoms with E-state index in [9.17, 15) is 44.7 Å². The predicted molar refractivity (Wildman–Crippen MR) is 195 cm³/mol. The smallest absolute Gasteiger partial charge is 0.342 e. The molecule has 56 heavy (non-hydrogen) atoms. The van der Waals surface area contributed by atoms with Crippen molar-refractivity contribution in [2.24, 2.45) is 46.8 Å². The molecule has 4 aliphatic carbocycles. The Morgan fingerprint density at radius 2 is 1.66 bits per heavy atom. The van der Waals surface area contributed by atoms with Gasteiger partial charge in [-0.3, -0.25) is 19.3 Å². The zero-order valence-corrected chi connectivity index (χ0v) is 34.2. The summed E-state index contributed by atoms with van der Waals surface area (Å²) in [5.41, 5.74) is -8.17. The molecule has 3 aliphatic heterocycles. The third-order valence-electron chi connectivity index (χ3n) is 16.1. The van der Waals surface area contributed by atoms with Gasteiger partial charge in [0.2, 0.25) is 5.79 Å². The highest BCUT2D eigenvalue weighted by molar-refractivity contribution is 5.80. The standard InChI is InChI=1S/C41H63NO14/c1-10-20(3)34(46)55-33-31(45)30-24(18-42-17-19(2)11-12-28(42)38(30,9)49)25-16-39-32(40(25,33)50)26(53-23(6)44)15-27-36(39,7)14-13-29(41(27,51)56-39)54-35(47)37(8,48)21(4)52-22(5)43/h19-21,24-33,45,48-51H,10-18H2,1-9H3/t19-,20-,21+,24+,25+,26-,27+,28+,29+,30-,31-,32-,33+,36+,37+,38-,39-,40+,41+/m1/s1. The molecule has 0 aromatic rings. The Labute approximate surface area is 328 Å². The van der Waals surface area contributed by atoms with Crippen LogP contribution in [0, 0.1) is 46.8 Å². The van der Waals surface area contributed by atoms with Gasteiger partial charge in [0.1, 0.15) is 17.8 Å². The molecule has 3 heterocycles. The van der Waals surface area contributed by atoms with E-state index in [-0.39, 0.29) is 25.3 Å². The number of aliphatic hydroxyl groups excluding tert-OH is 1. The third kappa shape index (κ3) is 5.67. The molecule has 3 saturated heterocycles. The van der Waals surface area contributed by atoms with Crippen LogP contribution in [0.3, 0.4) is 0 Å². The van der Waals surface area contributed by atoms with Gasteiger partial charge < -0.3 is 49.2 Å². The van der Waals surface area contributed by atoms with Gasteiger partial charge in [-0.25, -0.2) is 4.79 Å². The second kappa shape index (κ2) is 13.6. The van der Waals surface area contributed by atoms with E-state index in [1.54, 1.807) is 13.8 Å². The minimum Gasteiger partial charge on any atom is -0.462 e. The molecule has 316 valence electrons. The van der Waals surface area contributed by atoms with Crippen LogP contribution < -0.4 is 0 Å². The van der Waals surface area contributed by atoms with Gasteiger partial charge in [0.15, 0.2) is 17.8 Å². The molecule has 1 spiro atoms. The maximum atomic E-state index is 13.7. The molecular formula is C41H63NO14. The maximum Gasteiger partial charge on any atom is 0.342 e. The first kappa shape index (κ1) is 41.7. The first-order valence-electron chi connectivity index (χ1n) is 20.7. The number of hydrogen-bond acceptors (Lipinski definition) is 15. The second-order valence-corrected chi connectivity index (χ2v) is 19.3. The maximum absolute atomic E-state index is 13.7. The molecule has 0 aromatic heterocycles. The summed E-state index contributed by atoms with van der Waals surface area (Å²) in [5, 5.41) is 62.8. The summed E-state index contributed by atoms with van der Waals surface area (Å²) in [6.07, 6.45) is -4.21. The highest BCUT2D eigenvalue weighted by Gasteiger charge is 2.88. The Kier molecular flexibility index (Phi) is 10.1. The van der Waals surface area contributed by atoms with Gasteiger partial charge in [0.25, 0.3) is 0 Å². The summed E-state index contributed by atoms with van der Waals surface area (Å²) in [5.74, 6) is -9.57. The average Bonchev–Trinajstić information content (AvgIpc) is 3.37. The van der Waals surface area contributed by atoms with Gasteiger partial charge in [-0.2, -0.15) is 0 Å². The Morgan fingerprint density at radius 1 is 0.982 bits per heavy atom. The van der Waals surface area contributed by atoms with Crippen molar-refractivity contribution in [3.8, 4) is 0 Å². The number of piperidine rings is 2. The highest BCUT2D eigenvalue weighted by atomic mass is 16.7. The molecule has 7 fully saturated rings. The van der Waals surface area contributed by atoms with E-state index in [4.69, 9.17) is 23.7 Å². The van der Waals surface area contributed by atoms with E-state index in [0.29, 0.717) is 38.3 Å². The van der Waals surface area contributed by atoms with E-state index < -0.39 is 124 Å². The van der Waals surface area contributed by atoms with Crippen molar-refractivity contribution in [3.63, 3.8) is 0 Å². The van der Waals surface area contributed by atoms with Gasteiger partial charge in [-0.1, -0.05) is 27.7 Å². The van der Waals surface area contributed by atoms with E-state index in [1.165, 1.54) is 13.8 Å². The molecule has 15 nitrogen and oxygen atoms in total. The molecular weight excluding hydrogens is 730 g/mol. The zero-order valence-electron chi connectivity index (χ0n) is 34.2. The number of fused-ring (bicyclic) bond motifs is 5. The van der Waals surface area contributed by atoms with Gasteiger partial charge in [0.05, 0.1) is 29.1 Å². The van der Waals surface area contributed by atoms with Crippen molar-refractivity contribution in [1.82, 2.24) is 4.90 Å². The van der Waals surface area contributed by atoms with E-state index >= 15 is 0 Å². The lowest BCUT2D eigenvalue weighted by molar-refractivity contribution is -0.301. The molecule has 4 saturated carbocycles. The number of nitrogens with zero attached hydrogens (tertiary/aromatic N) is 1. The molecule has 5 N–H and O–H groups in total. The van der Waals surface area contributed by atoms with Gasteiger partial charge in [-0.15, -0.1) is 0 Å². The Hall–Kier alpha value is -2.40. The van der Waals surface area contributed by atoms with Crippen LogP contribution in [0.4, 0.5) is 0 Å². The molecule has 0 amide bonds. The number of carbonyl (C=O) groups is 4. The molecule has 19 atom stereocenters. The summed E-state index contributed by atoms with van der Waals surface area (Å²) in [7, 11) is 0. The van der Waals surface area contributed by atoms with Gasteiger partial charge in [-0.05, 0) is 83.5 Å². The summed E-state index contributed by atoms with van der Waals surface area (Å²) in [4.78, 5) is 54.2. The monoisotopic (exact) mass is 793 g/mol. The normalized spacial score (nSPS) is 49.8. The summed E-state index contributed by atoms with van der Waals surface area (Å²) < 4.78 is 30.3. The van der Waals surface area contributed by atoms with E-state index in [2.05, 4.69) is 11.8 Å². The average molecular weight is 794 g/mol. The SMILES string of the molecule is CC[C@@H](C)C(=O)O[C@H]1[C@H](O)[C@H]2[C@@H](CN3C[C@H](C)CC[C@H]3[C@@]2(C)O)[C@@H]2C[C@]34O[C@]5(O)[C@@H](OC(=O)[C@@](C)(O)[C@H](C)OC(C)=O)CC[C@@]3(C)[C@@H]5C[C@@H](OC(C)=O)[C@H]4[C@@]21O. The van der Waals surface area contributed by atoms with Crippen LogP contribution >= 0.6 is 0 Å². The summed E-state index contributed by atoms with van der Waals surface area (Å²) in [6.45, 7) is 15.4. The first-order valence-corrected chi connectivity index (χ1v) is 20.7. The topological polar surface area (TPSA) is 219 Å². The van der Waals surface area contributed by atoms with Crippen molar-refractivity contribution in [2.45, 2.75) is 172 Å². The Morgan fingerprint density at radius 3 is 2.29 bits per heavy atom. The van der Waals surface area contributed by atoms with Crippen molar-refractivity contribution in [3.05, 3.63) is 0 Å². The number of aliphatic hydroxyl groups is 5. The number of hydrogen-bond donors (Lipinski definition) is 5. The molecule has 15 heteroatoms. The lowest BCUT2D eigenvalue weighted by Gasteiger charge is -2.64. The first-order chi connectivity index (χ1) is 25.9. The number of carbonyl (C=O) groups excluding carboxylic acids is 4. The summed E-state index contributed by atoms with van der Waals surface area (Å²) in [6, 6.07) is -0.275. The fourth-order valence-corrected chi connectivity index (χ4v) is 13.1. The van der Waals surface area contributed by atoms with Crippen LogP contribution in [-0.4, -0.2) is 132 Å². The zero-order chi connectivity index (χ0) is 41.3.